The molecule has 3 heterocycles. The number of nitriles is 3. The smallest absolute Gasteiger partial charge is 0.164 e. The number of para-hydroxylation sites is 2. The van der Waals surface area contributed by atoms with Crippen LogP contribution < -0.4 is 0 Å². The number of aromatic nitrogens is 5. The Morgan fingerprint density at radius 3 is 1.23 bits per heavy atom. The third-order valence-corrected chi connectivity index (χ3v) is 13.9. The van der Waals surface area contributed by atoms with Gasteiger partial charge in [0.05, 0.1) is 68.3 Å². The SMILES string of the molecule is N#Cc1ccccc1-c1ccc2c(c1)c1ccccc1n2-c1ccc(-c2nc(-c3ccccc3)nc(-c3ccccc3)n2)cc1-c1c(C#N)cccc1-n1c2ccccc2c2cc(-c3ccccc3C#N)ccc21. The van der Waals surface area contributed by atoms with E-state index in [0.29, 0.717) is 34.2 Å². The van der Waals surface area contributed by atoms with Crippen LogP contribution in [0.15, 0.2) is 231 Å². The summed E-state index contributed by atoms with van der Waals surface area (Å²) in [5, 5.41) is 35.7. The van der Waals surface area contributed by atoms with Gasteiger partial charge in [-0.3, -0.25) is 0 Å². The van der Waals surface area contributed by atoms with Crippen LogP contribution in [0.25, 0.3) is 123 Å². The van der Waals surface area contributed by atoms with Crippen molar-refractivity contribution in [1.82, 2.24) is 24.1 Å². The summed E-state index contributed by atoms with van der Waals surface area (Å²) >= 11 is 0. The molecule has 0 fully saturated rings. The van der Waals surface area contributed by atoms with Gasteiger partial charge in [0.25, 0.3) is 0 Å². The second-order valence-corrected chi connectivity index (χ2v) is 18.1. The lowest BCUT2D eigenvalue weighted by Crippen LogP contribution is -2.05. The van der Waals surface area contributed by atoms with Crippen molar-refractivity contribution in [2.24, 2.45) is 0 Å². The largest absolute Gasteiger partial charge is 0.309 e. The van der Waals surface area contributed by atoms with Gasteiger partial charge in [0.15, 0.2) is 17.5 Å². The van der Waals surface area contributed by atoms with Crippen molar-refractivity contribution in [2.75, 3.05) is 0 Å². The molecular weight excluding hydrogens is 905 g/mol. The zero-order valence-corrected chi connectivity index (χ0v) is 39.5. The highest BCUT2D eigenvalue weighted by atomic mass is 15.0. The van der Waals surface area contributed by atoms with Crippen molar-refractivity contribution in [3.05, 3.63) is 247 Å². The molecule has 0 amide bonds. The molecule has 0 bridgehead atoms. The van der Waals surface area contributed by atoms with Gasteiger partial charge < -0.3 is 9.13 Å². The van der Waals surface area contributed by atoms with Crippen molar-refractivity contribution in [2.45, 2.75) is 0 Å². The zero-order valence-electron chi connectivity index (χ0n) is 39.5. The summed E-state index contributed by atoms with van der Waals surface area (Å²) in [6.45, 7) is 0. The van der Waals surface area contributed by atoms with Gasteiger partial charge in [0, 0.05) is 49.4 Å². The molecule has 13 aromatic rings. The Bertz CT molecular complexity index is 4470. The van der Waals surface area contributed by atoms with Crippen LogP contribution in [-0.4, -0.2) is 24.1 Å². The normalized spacial score (nSPS) is 11.2. The number of rotatable bonds is 8. The maximum atomic E-state index is 11.3. The highest BCUT2D eigenvalue weighted by molar-refractivity contribution is 6.13. The van der Waals surface area contributed by atoms with Gasteiger partial charge in [-0.25, -0.2) is 15.0 Å². The second kappa shape index (κ2) is 17.9. The Kier molecular flexibility index (Phi) is 10.5. The van der Waals surface area contributed by atoms with Gasteiger partial charge >= 0.3 is 0 Å². The first kappa shape index (κ1) is 43.3. The first-order valence-electron chi connectivity index (χ1n) is 24.2. The van der Waals surface area contributed by atoms with E-state index in [1.807, 2.05) is 133 Å². The zero-order chi connectivity index (χ0) is 49.7. The van der Waals surface area contributed by atoms with Crippen LogP contribution in [0.3, 0.4) is 0 Å². The maximum Gasteiger partial charge on any atom is 0.164 e. The van der Waals surface area contributed by atoms with Gasteiger partial charge in [-0.2, -0.15) is 15.8 Å². The van der Waals surface area contributed by atoms with Gasteiger partial charge in [0.2, 0.25) is 0 Å². The molecule has 0 aliphatic heterocycles. The predicted octanol–water partition coefficient (Wildman–Crippen LogP) is 15.7. The average Bonchev–Trinajstić information content (AvgIpc) is 3.99. The van der Waals surface area contributed by atoms with Crippen molar-refractivity contribution in [3.8, 4) is 97.1 Å². The Labute approximate surface area is 425 Å². The van der Waals surface area contributed by atoms with Crippen molar-refractivity contribution in [3.63, 3.8) is 0 Å². The van der Waals surface area contributed by atoms with E-state index in [9.17, 15) is 15.8 Å². The third kappa shape index (κ3) is 7.17. The molecule has 342 valence electrons. The van der Waals surface area contributed by atoms with Gasteiger partial charge in [-0.15, -0.1) is 0 Å². The first-order chi connectivity index (χ1) is 36.6. The molecule has 0 spiro atoms. The van der Waals surface area contributed by atoms with Gasteiger partial charge in [-0.05, 0) is 101 Å². The van der Waals surface area contributed by atoms with E-state index in [-0.39, 0.29) is 0 Å². The third-order valence-electron chi connectivity index (χ3n) is 13.9. The molecule has 0 saturated heterocycles. The van der Waals surface area contributed by atoms with E-state index in [0.717, 1.165) is 105 Å². The Morgan fingerprint density at radius 2 is 0.703 bits per heavy atom. The first-order valence-corrected chi connectivity index (χ1v) is 24.2. The summed E-state index contributed by atoms with van der Waals surface area (Å²) in [5.74, 6) is 1.55. The van der Waals surface area contributed by atoms with E-state index < -0.39 is 0 Å². The highest BCUT2D eigenvalue weighted by Gasteiger charge is 2.25. The van der Waals surface area contributed by atoms with E-state index in [1.165, 1.54) is 0 Å². The minimum absolute atomic E-state index is 0.478. The number of hydrogen-bond donors (Lipinski definition) is 0. The predicted molar refractivity (Wildman–Crippen MR) is 295 cm³/mol. The van der Waals surface area contributed by atoms with Crippen LogP contribution in [0.4, 0.5) is 0 Å². The summed E-state index contributed by atoms with van der Waals surface area (Å²) in [7, 11) is 0. The summed E-state index contributed by atoms with van der Waals surface area (Å²) in [5.41, 5.74) is 14.7. The Balaban J connectivity index is 1.12. The average molecular weight is 943 g/mol. The Hall–Kier alpha value is -10.7. The summed E-state index contributed by atoms with van der Waals surface area (Å²) in [6, 6.07) is 84.3. The fraction of sp³-hybridized carbons (Fsp3) is 0. The summed E-state index contributed by atoms with van der Waals surface area (Å²) in [6.07, 6.45) is 0. The van der Waals surface area contributed by atoms with Crippen LogP contribution in [0, 0.1) is 34.0 Å². The monoisotopic (exact) mass is 942 g/mol. The number of hydrogen-bond acceptors (Lipinski definition) is 6. The molecule has 0 unspecified atom stereocenters. The number of fused-ring (bicyclic) bond motifs is 6. The van der Waals surface area contributed by atoms with E-state index in [4.69, 9.17) is 15.0 Å². The van der Waals surface area contributed by atoms with E-state index >= 15 is 0 Å². The van der Waals surface area contributed by atoms with Crippen LogP contribution in [0.5, 0.6) is 0 Å². The van der Waals surface area contributed by atoms with Crippen LogP contribution >= 0.6 is 0 Å². The number of benzene rings is 10. The number of nitrogens with zero attached hydrogens (tertiary/aromatic N) is 8. The lowest BCUT2D eigenvalue weighted by atomic mass is 9.94. The highest BCUT2D eigenvalue weighted by Crippen LogP contribution is 2.45. The van der Waals surface area contributed by atoms with Crippen LogP contribution in [0.2, 0.25) is 0 Å². The lowest BCUT2D eigenvalue weighted by Gasteiger charge is -2.20. The van der Waals surface area contributed by atoms with Gasteiger partial charge in [-0.1, -0.05) is 152 Å². The quantitative estimate of drug-likeness (QED) is 0.150. The molecule has 0 aliphatic carbocycles. The minimum Gasteiger partial charge on any atom is -0.309 e. The van der Waals surface area contributed by atoms with Crippen molar-refractivity contribution in [1.29, 1.82) is 15.8 Å². The minimum atomic E-state index is 0.478. The fourth-order valence-corrected chi connectivity index (χ4v) is 10.6. The lowest BCUT2D eigenvalue weighted by molar-refractivity contribution is 1.07. The Morgan fingerprint density at radius 1 is 0.284 bits per heavy atom. The van der Waals surface area contributed by atoms with Crippen molar-refractivity contribution < 1.29 is 0 Å². The molecule has 0 radical (unpaired) electrons. The molecule has 13 rings (SSSR count). The molecular formula is C66H38N8. The van der Waals surface area contributed by atoms with E-state index in [2.05, 4.69) is 124 Å². The van der Waals surface area contributed by atoms with E-state index in [1.54, 1.807) is 0 Å². The van der Waals surface area contributed by atoms with Gasteiger partial charge in [0.1, 0.15) is 0 Å². The standard InChI is InChI=1S/C66H38N8/c67-39-47-20-7-9-23-50(47)44-30-33-59-54(36-44)52-25-11-13-27-57(52)73(59)61-35-32-46(66-71-64(42-16-3-1-4-17-42)70-65(72-66)43-18-5-2-6-19-43)38-56(61)63-49(41-69)22-15-29-62(63)74-58-28-14-12-26-53(58)55-37-45(31-34-60(55)74)51-24-10-8-21-48(51)40-68/h1-38H. The summed E-state index contributed by atoms with van der Waals surface area (Å²) < 4.78 is 4.54. The van der Waals surface area contributed by atoms with Crippen LogP contribution in [-0.2, 0) is 0 Å². The maximum absolute atomic E-state index is 11.3. The molecule has 0 saturated carbocycles. The molecule has 0 atom stereocenters. The molecule has 0 N–H and O–H groups in total. The molecule has 0 aliphatic rings. The van der Waals surface area contributed by atoms with Crippen molar-refractivity contribution >= 4 is 43.6 Å². The summed E-state index contributed by atoms with van der Waals surface area (Å²) in [4.78, 5) is 15.4. The topological polar surface area (TPSA) is 120 Å². The molecule has 74 heavy (non-hydrogen) atoms. The van der Waals surface area contributed by atoms with Crippen LogP contribution in [0.1, 0.15) is 16.7 Å². The molecule has 3 aromatic heterocycles. The molecule has 8 heteroatoms. The fourth-order valence-electron chi connectivity index (χ4n) is 10.6. The molecule has 10 aromatic carbocycles. The second-order valence-electron chi connectivity index (χ2n) is 18.1. The molecule has 8 nitrogen and oxygen atoms in total.